The SMILES string of the molecule is CC(CN)c1cn(C)c2cccc(O)c12. The Kier molecular flexibility index (Phi) is 2.40. The van der Waals surface area contributed by atoms with Gasteiger partial charge >= 0.3 is 0 Å². The highest BCUT2D eigenvalue weighted by Crippen LogP contribution is 2.33. The van der Waals surface area contributed by atoms with Crippen LogP contribution in [0.2, 0.25) is 0 Å². The third kappa shape index (κ3) is 1.49. The lowest BCUT2D eigenvalue weighted by Crippen LogP contribution is -2.08. The maximum Gasteiger partial charge on any atom is 0.125 e. The maximum atomic E-state index is 9.86. The van der Waals surface area contributed by atoms with Crippen molar-refractivity contribution in [3.05, 3.63) is 30.0 Å². The van der Waals surface area contributed by atoms with Crippen molar-refractivity contribution < 1.29 is 5.11 Å². The van der Waals surface area contributed by atoms with E-state index in [1.807, 2.05) is 29.9 Å². The minimum atomic E-state index is 0.266. The fraction of sp³-hybridized carbons (Fsp3) is 0.333. The first-order valence-corrected chi connectivity index (χ1v) is 5.12. The molecule has 1 aromatic carbocycles. The van der Waals surface area contributed by atoms with E-state index < -0.39 is 0 Å². The molecule has 0 spiro atoms. The van der Waals surface area contributed by atoms with Gasteiger partial charge in [-0.25, -0.2) is 0 Å². The van der Waals surface area contributed by atoms with E-state index in [1.54, 1.807) is 6.07 Å². The van der Waals surface area contributed by atoms with Crippen LogP contribution < -0.4 is 5.73 Å². The van der Waals surface area contributed by atoms with Crippen molar-refractivity contribution in [3.63, 3.8) is 0 Å². The molecule has 3 N–H and O–H groups in total. The van der Waals surface area contributed by atoms with E-state index in [-0.39, 0.29) is 5.92 Å². The monoisotopic (exact) mass is 204 g/mol. The summed E-state index contributed by atoms with van der Waals surface area (Å²) in [5.41, 5.74) is 7.83. The molecular weight excluding hydrogens is 188 g/mol. The molecule has 0 aliphatic heterocycles. The first kappa shape index (κ1) is 10.1. The van der Waals surface area contributed by atoms with E-state index in [1.165, 1.54) is 0 Å². The number of rotatable bonds is 2. The van der Waals surface area contributed by atoms with Crippen molar-refractivity contribution in [1.29, 1.82) is 0 Å². The van der Waals surface area contributed by atoms with Crippen molar-refractivity contribution in [3.8, 4) is 5.75 Å². The molecule has 1 unspecified atom stereocenters. The minimum absolute atomic E-state index is 0.266. The number of nitrogens with zero attached hydrogens (tertiary/aromatic N) is 1. The first-order chi connectivity index (χ1) is 7.15. The zero-order valence-corrected chi connectivity index (χ0v) is 9.07. The van der Waals surface area contributed by atoms with Crippen LogP contribution in [0, 0.1) is 0 Å². The normalized spacial score (nSPS) is 13.3. The number of phenols is 1. The summed E-state index contributed by atoms with van der Waals surface area (Å²) in [5, 5.41) is 10.8. The fourth-order valence-electron chi connectivity index (χ4n) is 1.96. The highest BCUT2D eigenvalue weighted by atomic mass is 16.3. The molecule has 1 aromatic heterocycles. The largest absolute Gasteiger partial charge is 0.507 e. The minimum Gasteiger partial charge on any atom is -0.507 e. The van der Waals surface area contributed by atoms with Crippen molar-refractivity contribution in [2.24, 2.45) is 12.8 Å². The summed E-state index contributed by atoms with van der Waals surface area (Å²) in [4.78, 5) is 0. The summed E-state index contributed by atoms with van der Waals surface area (Å²) in [6, 6.07) is 5.57. The number of aromatic hydroxyl groups is 1. The van der Waals surface area contributed by atoms with E-state index >= 15 is 0 Å². The Morgan fingerprint density at radius 3 is 2.87 bits per heavy atom. The molecule has 2 aromatic rings. The van der Waals surface area contributed by atoms with Gasteiger partial charge in [0.25, 0.3) is 0 Å². The van der Waals surface area contributed by atoms with Gasteiger partial charge in [-0.05, 0) is 30.2 Å². The number of aryl methyl sites for hydroxylation is 1. The summed E-state index contributed by atoms with van der Waals surface area (Å²) in [6.07, 6.45) is 2.04. The van der Waals surface area contributed by atoms with E-state index in [0.717, 1.165) is 16.5 Å². The zero-order valence-electron chi connectivity index (χ0n) is 9.07. The van der Waals surface area contributed by atoms with Crippen LogP contribution >= 0.6 is 0 Å². The summed E-state index contributed by atoms with van der Waals surface area (Å²) < 4.78 is 2.02. The van der Waals surface area contributed by atoms with Crippen molar-refractivity contribution >= 4 is 10.9 Å². The second-order valence-electron chi connectivity index (χ2n) is 4.00. The molecule has 0 aliphatic rings. The van der Waals surface area contributed by atoms with Gasteiger partial charge in [-0.15, -0.1) is 0 Å². The van der Waals surface area contributed by atoms with Gasteiger partial charge in [-0.1, -0.05) is 13.0 Å². The molecule has 15 heavy (non-hydrogen) atoms. The van der Waals surface area contributed by atoms with Gasteiger partial charge in [0.15, 0.2) is 0 Å². The van der Waals surface area contributed by atoms with Crippen LogP contribution in [0.15, 0.2) is 24.4 Å². The number of hydrogen-bond donors (Lipinski definition) is 2. The van der Waals surface area contributed by atoms with Gasteiger partial charge in [0.2, 0.25) is 0 Å². The number of phenolic OH excluding ortho intramolecular Hbond substituents is 1. The van der Waals surface area contributed by atoms with Crippen LogP contribution in [-0.4, -0.2) is 16.2 Å². The Morgan fingerprint density at radius 2 is 2.20 bits per heavy atom. The van der Waals surface area contributed by atoms with Gasteiger partial charge in [0.1, 0.15) is 5.75 Å². The smallest absolute Gasteiger partial charge is 0.125 e. The summed E-state index contributed by atoms with van der Waals surface area (Å²) in [6.45, 7) is 2.66. The highest BCUT2D eigenvalue weighted by Gasteiger charge is 2.14. The Labute approximate surface area is 89.1 Å². The Balaban J connectivity index is 2.75. The molecule has 0 saturated carbocycles. The van der Waals surface area contributed by atoms with Gasteiger partial charge in [0, 0.05) is 18.6 Å². The zero-order chi connectivity index (χ0) is 11.0. The lowest BCUT2D eigenvalue weighted by Gasteiger charge is -2.07. The number of hydrogen-bond acceptors (Lipinski definition) is 2. The van der Waals surface area contributed by atoms with E-state index in [0.29, 0.717) is 12.3 Å². The topological polar surface area (TPSA) is 51.2 Å². The molecule has 80 valence electrons. The van der Waals surface area contributed by atoms with Gasteiger partial charge in [-0.3, -0.25) is 0 Å². The highest BCUT2D eigenvalue weighted by molar-refractivity contribution is 5.90. The summed E-state index contributed by atoms with van der Waals surface area (Å²) in [5.74, 6) is 0.602. The third-order valence-corrected chi connectivity index (χ3v) is 2.91. The van der Waals surface area contributed by atoms with Crippen LogP contribution in [0.5, 0.6) is 5.75 Å². The molecule has 0 amide bonds. The van der Waals surface area contributed by atoms with Crippen LogP contribution in [0.25, 0.3) is 10.9 Å². The number of benzene rings is 1. The molecule has 0 bridgehead atoms. The van der Waals surface area contributed by atoms with Crippen LogP contribution in [0.1, 0.15) is 18.4 Å². The molecule has 0 saturated heterocycles. The lowest BCUT2D eigenvalue weighted by molar-refractivity contribution is 0.481. The Bertz CT molecular complexity index is 488. The first-order valence-electron chi connectivity index (χ1n) is 5.12. The van der Waals surface area contributed by atoms with Gasteiger partial charge in [-0.2, -0.15) is 0 Å². The Morgan fingerprint density at radius 1 is 1.47 bits per heavy atom. The van der Waals surface area contributed by atoms with E-state index in [2.05, 4.69) is 6.92 Å². The molecule has 2 rings (SSSR count). The molecule has 1 heterocycles. The summed E-state index contributed by atoms with van der Waals surface area (Å²) in [7, 11) is 1.98. The van der Waals surface area contributed by atoms with Crippen molar-refractivity contribution in [1.82, 2.24) is 4.57 Å². The lowest BCUT2D eigenvalue weighted by atomic mass is 10.0. The van der Waals surface area contributed by atoms with Gasteiger partial charge in [0.05, 0.1) is 5.52 Å². The van der Waals surface area contributed by atoms with E-state index in [9.17, 15) is 5.11 Å². The average Bonchev–Trinajstić information content (AvgIpc) is 2.57. The maximum absolute atomic E-state index is 9.86. The molecular formula is C12H16N2O. The molecule has 0 radical (unpaired) electrons. The van der Waals surface area contributed by atoms with E-state index in [4.69, 9.17) is 5.73 Å². The predicted molar refractivity (Wildman–Crippen MR) is 62.1 cm³/mol. The Hall–Kier alpha value is -1.48. The average molecular weight is 204 g/mol. The van der Waals surface area contributed by atoms with Crippen molar-refractivity contribution in [2.45, 2.75) is 12.8 Å². The molecule has 0 fully saturated rings. The van der Waals surface area contributed by atoms with Crippen molar-refractivity contribution in [2.75, 3.05) is 6.54 Å². The quantitative estimate of drug-likeness (QED) is 0.785. The van der Waals surface area contributed by atoms with Crippen LogP contribution in [0.4, 0.5) is 0 Å². The second-order valence-corrected chi connectivity index (χ2v) is 4.00. The molecule has 3 nitrogen and oxygen atoms in total. The number of aromatic nitrogens is 1. The fourth-order valence-corrected chi connectivity index (χ4v) is 1.96. The predicted octanol–water partition coefficient (Wildman–Crippen LogP) is 1.95. The second kappa shape index (κ2) is 3.59. The number of nitrogens with two attached hydrogens (primary N) is 1. The van der Waals surface area contributed by atoms with Crippen LogP contribution in [0.3, 0.4) is 0 Å². The standard InChI is InChI=1S/C12H16N2O/c1-8(6-13)9-7-14(2)10-4-3-5-11(15)12(9)10/h3-5,7-8,15H,6,13H2,1-2H3. The summed E-state index contributed by atoms with van der Waals surface area (Å²) >= 11 is 0. The molecule has 3 heteroatoms. The van der Waals surface area contributed by atoms with Gasteiger partial charge < -0.3 is 15.4 Å². The number of fused-ring (bicyclic) bond motifs is 1. The third-order valence-electron chi connectivity index (χ3n) is 2.91. The van der Waals surface area contributed by atoms with Crippen LogP contribution in [-0.2, 0) is 7.05 Å². The molecule has 1 atom stereocenters. The molecule has 0 aliphatic carbocycles.